The van der Waals surface area contributed by atoms with E-state index in [4.69, 9.17) is 4.74 Å². The lowest BCUT2D eigenvalue weighted by atomic mass is 9.96. The first-order valence-electron chi connectivity index (χ1n) is 7.84. The van der Waals surface area contributed by atoms with Crippen LogP contribution >= 0.6 is 0 Å². The zero-order chi connectivity index (χ0) is 14.5. The first-order chi connectivity index (χ1) is 10.4. The number of benzene rings is 1. The van der Waals surface area contributed by atoms with Crippen LogP contribution in [-0.2, 0) is 0 Å². The van der Waals surface area contributed by atoms with E-state index in [2.05, 4.69) is 33.9 Å². The minimum absolute atomic E-state index is 0.553. The maximum Gasteiger partial charge on any atom is 0.119 e. The largest absolute Gasteiger partial charge is 0.494 e. The van der Waals surface area contributed by atoms with E-state index in [1.807, 2.05) is 24.7 Å². The van der Waals surface area contributed by atoms with Gasteiger partial charge < -0.3 is 14.6 Å². The van der Waals surface area contributed by atoms with E-state index in [0.717, 1.165) is 37.6 Å². The summed E-state index contributed by atoms with van der Waals surface area (Å²) in [5.74, 6) is 1.49. The number of rotatable bonds is 5. The van der Waals surface area contributed by atoms with Gasteiger partial charge in [0.1, 0.15) is 5.75 Å². The van der Waals surface area contributed by atoms with Crippen LogP contribution in [-0.4, -0.2) is 29.2 Å². The predicted molar refractivity (Wildman–Crippen MR) is 84.2 cm³/mol. The average molecular weight is 285 g/mol. The number of hydrogen-bond acceptors (Lipinski definition) is 3. The molecule has 112 valence electrons. The Morgan fingerprint density at radius 2 is 2.19 bits per heavy atom. The quantitative estimate of drug-likeness (QED) is 0.917. The zero-order valence-corrected chi connectivity index (χ0v) is 12.6. The first-order valence-corrected chi connectivity index (χ1v) is 7.84. The lowest BCUT2D eigenvalue weighted by Gasteiger charge is -2.23. The maximum absolute atomic E-state index is 5.64. The second kappa shape index (κ2) is 6.76. The molecule has 1 aromatic carbocycles. The van der Waals surface area contributed by atoms with Gasteiger partial charge in [0.25, 0.3) is 0 Å². The summed E-state index contributed by atoms with van der Waals surface area (Å²) >= 11 is 0. The van der Waals surface area contributed by atoms with Crippen molar-refractivity contribution in [1.29, 1.82) is 0 Å². The number of piperidine rings is 1. The second-order valence-electron chi connectivity index (χ2n) is 5.57. The molecule has 2 heterocycles. The van der Waals surface area contributed by atoms with Gasteiger partial charge in [-0.25, -0.2) is 4.98 Å². The van der Waals surface area contributed by atoms with E-state index in [-0.39, 0.29) is 0 Å². The maximum atomic E-state index is 5.64. The van der Waals surface area contributed by atoms with E-state index >= 15 is 0 Å². The van der Waals surface area contributed by atoms with Gasteiger partial charge in [-0.15, -0.1) is 0 Å². The third-order valence-electron chi connectivity index (χ3n) is 3.97. The molecule has 2 aromatic rings. The van der Waals surface area contributed by atoms with E-state index in [1.165, 1.54) is 18.5 Å². The van der Waals surface area contributed by atoms with Crippen LogP contribution in [0.4, 0.5) is 0 Å². The molecule has 1 fully saturated rings. The van der Waals surface area contributed by atoms with Gasteiger partial charge in [0.05, 0.1) is 12.9 Å². The predicted octanol–water partition coefficient (Wildman–Crippen LogP) is 3.13. The fourth-order valence-corrected chi connectivity index (χ4v) is 2.85. The molecule has 0 bridgehead atoms. The summed E-state index contributed by atoms with van der Waals surface area (Å²) in [6, 6.07) is 8.28. The van der Waals surface area contributed by atoms with E-state index < -0.39 is 0 Å². The van der Waals surface area contributed by atoms with Crippen LogP contribution < -0.4 is 10.1 Å². The smallest absolute Gasteiger partial charge is 0.119 e. The van der Waals surface area contributed by atoms with E-state index in [1.54, 1.807) is 0 Å². The minimum Gasteiger partial charge on any atom is -0.494 e. The Labute approximate surface area is 126 Å². The summed E-state index contributed by atoms with van der Waals surface area (Å²) in [6.07, 6.45) is 7.41. The van der Waals surface area contributed by atoms with Gasteiger partial charge in [0, 0.05) is 30.0 Å². The van der Waals surface area contributed by atoms with Crippen molar-refractivity contribution in [2.45, 2.75) is 32.1 Å². The molecule has 1 aliphatic heterocycles. The van der Waals surface area contributed by atoms with Crippen molar-refractivity contribution < 1.29 is 4.74 Å². The van der Waals surface area contributed by atoms with Crippen LogP contribution in [0.5, 0.6) is 5.75 Å². The number of nitrogens with zero attached hydrogens (tertiary/aromatic N) is 2. The fourth-order valence-electron chi connectivity index (χ4n) is 2.85. The Bertz CT molecular complexity index is 556. The van der Waals surface area contributed by atoms with Crippen LogP contribution in [0.1, 0.15) is 37.8 Å². The van der Waals surface area contributed by atoms with Gasteiger partial charge in [0.15, 0.2) is 0 Å². The summed E-state index contributed by atoms with van der Waals surface area (Å²) in [5, 5.41) is 3.47. The van der Waals surface area contributed by atoms with E-state index in [0.29, 0.717) is 5.92 Å². The normalized spacial score (nSPS) is 18.6. The number of nitrogens with one attached hydrogen (secondary N) is 1. The van der Waals surface area contributed by atoms with Crippen molar-refractivity contribution in [3.05, 3.63) is 42.5 Å². The Morgan fingerprint density at radius 1 is 1.33 bits per heavy atom. The first kappa shape index (κ1) is 14.1. The van der Waals surface area contributed by atoms with Crippen LogP contribution in [0.2, 0.25) is 0 Å². The van der Waals surface area contributed by atoms with Crippen molar-refractivity contribution in [1.82, 2.24) is 14.9 Å². The molecular weight excluding hydrogens is 262 g/mol. The summed E-state index contributed by atoms with van der Waals surface area (Å²) in [4.78, 5) is 4.35. The highest BCUT2D eigenvalue weighted by Gasteiger charge is 2.19. The van der Waals surface area contributed by atoms with Gasteiger partial charge in [-0.3, -0.25) is 0 Å². The summed E-state index contributed by atoms with van der Waals surface area (Å²) in [5.41, 5.74) is 2.45. The highest BCUT2D eigenvalue weighted by molar-refractivity contribution is 5.39. The highest BCUT2D eigenvalue weighted by Crippen LogP contribution is 2.26. The van der Waals surface area contributed by atoms with E-state index in [9.17, 15) is 0 Å². The topological polar surface area (TPSA) is 39.1 Å². The molecule has 0 aliphatic carbocycles. The molecule has 21 heavy (non-hydrogen) atoms. The standard InChI is InChI=1S/C17H23N3O/c1-2-10-21-16-7-5-15(6-8-16)20-13-19-12-17(20)14-4-3-9-18-11-14/h5-8,12-14,18H,2-4,9-11H2,1H3. The summed E-state index contributed by atoms with van der Waals surface area (Å²) in [6.45, 7) is 5.06. The molecule has 4 heteroatoms. The van der Waals surface area contributed by atoms with Gasteiger partial charge in [0.2, 0.25) is 0 Å². The van der Waals surface area contributed by atoms with Crippen LogP contribution in [0.25, 0.3) is 5.69 Å². The molecule has 1 aliphatic rings. The molecule has 3 rings (SSSR count). The molecule has 1 N–H and O–H groups in total. The lowest BCUT2D eigenvalue weighted by Crippen LogP contribution is -2.29. The third-order valence-corrected chi connectivity index (χ3v) is 3.97. The Balaban J connectivity index is 1.78. The number of aromatic nitrogens is 2. The molecule has 1 unspecified atom stereocenters. The van der Waals surface area contributed by atoms with Crippen molar-refractivity contribution >= 4 is 0 Å². The number of hydrogen-bond donors (Lipinski definition) is 1. The number of imidazole rings is 1. The molecule has 4 nitrogen and oxygen atoms in total. The van der Waals surface area contributed by atoms with Gasteiger partial charge in [-0.05, 0) is 50.1 Å². The summed E-state index contributed by atoms with van der Waals surface area (Å²) < 4.78 is 7.83. The third kappa shape index (κ3) is 3.27. The molecule has 1 atom stereocenters. The van der Waals surface area contributed by atoms with Crippen molar-refractivity contribution in [3.63, 3.8) is 0 Å². The molecule has 0 amide bonds. The fraction of sp³-hybridized carbons (Fsp3) is 0.471. The lowest BCUT2D eigenvalue weighted by molar-refractivity contribution is 0.317. The Morgan fingerprint density at radius 3 is 2.90 bits per heavy atom. The molecule has 1 aromatic heterocycles. The van der Waals surface area contributed by atoms with Crippen molar-refractivity contribution in [3.8, 4) is 11.4 Å². The van der Waals surface area contributed by atoms with Crippen LogP contribution in [0.3, 0.4) is 0 Å². The zero-order valence-electron chi connectivity index (χ0n) is 12.6. The van der Waals surface area contributed by atoms with Crippen LogP contribution in [0.15, 0.2) is 36.8 Å². The molecule has 0 spiro atoms. The van der Waals surface area contributed by atoms with Crippen LogP contribution in [0, 0.1) is 0 Å². The molecule has 0 saturated carbocycles. The Kier molecular flexibility index (Phi) is 4.55. The van der Waals surface area contributed by atoms with Gasteiger partial charge in [-0.2, -0.15) is 0 Å². The molecule has 1 saturated heterocycles. The SMILES string of the molecule is CCCOc1ccc(-n2cncc2C2CCCNC2)cc1. The Hall–Kier alpha value is -1.81. The highest BCUT2D eigenvalue weighted by atomic mass is 16.5. The van der Waals surface area contributed by atoms with Crippen molar-refractivity contribution in [2.24, 2.45) is 0 Å². The second-order valence-corrected chi connectivity index (χ2v) is 5.57. The average Bonchev–Trinajstić information content (AvgIpc) is 3.04. The van der Waals surface area contributed by atoms with Gasteiger partial charge >= 0.3 is 0 Å². The van der Waals surface area contributed by atoms with Crippen molar-refractivity contribution in [2.75, 3.05) is 19.7 Å². The number of ether oxygens (including phenoxy) is 1. The molecular formula is C17H23N3O. The monoisotopic (exact) mass is 285 g/mol. The minimum atomic E-state index is 0.553. The summed E-state index contributed by atoms with van der Waals surface area (Å²) in [7, 11) is 0. The van der Waals surface area contributed by atoms with Gasteiger partial charge in [-0.1, -0.05) is 6.92 Å². The molecule has 0 radical (unpaired) electrons.